The molecule has 0 radical (unpaired) electrons. The summed E-state index contributed by atoms with van der Waals surface area (Å²) < 4.78 is 7.46. The monoisotopic (exact) mass is 223 g/mol. The fraction of sp³-hybridized carbons (Fsp3) is 0.750. The standard InChI is InChI=1S/C12H21N3O/c1-15-9-12(8-14-15)10-16-6-4-11-3-2-5-13-7-11/h8-9,11,13H,2-7,10H2,1H3. The second kappa shape index (κ2) is 6.01. The Morgan fingerprint density at radius 2 is 2.56 bits per heavy atom. The molecule has 2 rings (SSSR count). The lowest BCUT2D eigenvalue weighted by molar-refractivity contribution is 0.103. The average molecular weight is 223 g/mol. The van der Waals surface area contributed by atoms with E-state index in [1.165, 1.54) is 25.8 Å². The average Bonchev–Trinajstić information content (AvgIpc) is 2.72. The number of ether oxygens (including phenoxy) is 1. The van der Waals surface area contributed by atoms with Gasteiger partial charge in [-0.2, -0.15) is 5.10 Å². The lowest BCUT2D eigenvalue weighted by atomic mass is 9.97. The minimum Gasteiger partial charge on any atom is -0.377 e. The molecule has 0 saturated carbocycles. The fourth-order valence-electron chi connectivity index (χ4n) is 2.16. The van der Waals surface area contributed by atoms with Gasteiger partial charge in [0.15, 0.2) is 0 Å². The number of hydrogen-bond donors (Lipinski definition) is 1. The Labute approximate surface area is 97.0 Å². The van der Waals surface area contributed by atoms with Gasteiger partial charge in [0.2, 0.25) is 0 Å². The number of hydrogen-bond acceptors (Lipinski definition) is 3. The molecule has 1 fully saturated rings. The maximum absolute atomic E-state index is 5.65. The van der Waals surface area contributed by atoms with Gasteiger partial charge in [0.25, 0.3) is 0 Å². The fourth-order valence-corrected chi connectivity index (χ4v) is 2.16. The molecule has 1 aromatic rings. The molecule has 1 atom stereocenters. The molecular weight excluding hydrogens is 202 g/mol. The molecule has 4 nitrogen and oxygen atoms in total. The van der Waals surface area contributed by atoms with Crippen LogP contribution in [-0.4, -0.2) is 29.5 Å². The third-order valence-electron chi connectivity index (χ3n) is 3.10. The topological polar surface area (TPSA) is 39.1 Å². The van der Waals surface area contributed by atoms with Crippen molar-refractivity contribution < 1.29 is 4.74 Å². The van der Waals surface area contributed by atoms with Gasteiger partial charge in [0.05, 0.1) is 12.8 Å². The van der Waals surface area contributed by atoms with Crippen LogP contribution in [0.5, 0.6) is 0 Å². The molecule has 0 aliphatic carbocycles. The van der Waals surface area contributed by atoms with Crippen LogP contribution in [0.2, 0.25) is 0 Å². The van der Waals surface area contributed by atoms with Gasteiger partial charge in [0.1, 0.15) is 0 Å². The van der Waals surface area contributed by atoms with E-state index in [4.69, 9.17) is 4.74 Å². The summed E-state index contributed by atoms with van der Waals surface area (Å²) in [4.78, 5) is 0. The molecule has 16 heavy (non-hydrogen) atoms. The summed E-state index contributed by atoms with van der Waals surface area (Å²) in [5.74, 6) is 0.808. The molecular formula is C12H21N3O. The number of piperidine rings is 1. The van der Waals surface area contributed by atoms with Crippen molar-refractivity contribution in [2.24, 2.45) is 13.0 Å². The molecule has 1 saturated heterocycles. The maximum Gasteiger partial charge on any atom is 0.0747 e. The van der Waals surface area contributed by atoms with Gasteiger partial charge in [-0.1, -0.05) is 0 Å². The molecule has 0 spiro atoms. The molecule has 0 amide bonds. The Balaban J connectivity index is 1.57. The highest BCUT2D eigenvalue weighted by molar-refractivity contribution is 5.01. The predicted octanol–water partition coefficient (Wildman–Crippen LogP) is 1.33. The van der Waals surface area contributed by atoms with Crippen molar-refractivity contribution in [1.82, 2.24) is 15.1 Å². The summed E-state index contributed by atoms with van der Waals surface area (Å²) in [5, 5.41) is 7.54. The van der Waals surface area contributed by atoms with Crippen molar-refractivity contribution in [3.63, 3.8) is 0 Å². The van der Waals surface area contributed by atoms with Crippen LogP contribution in [0.15, 0.2) is 12.4 Å². The van der Waals surface area contributed by atoms with Crippen LogP contribution < -0.4 is 5.32 Å². The highest BCUT2D eigenvalue weighted by Gasteiger charge is 2.12. The number of nitrogens with zero attached hydrogens (tertiary/aromatic N) is 2. The van der Waals surface area contributed by atoms with Crippen LogP contribution in [0, 0.1) is 5.92 Å². The number of rotatable bonds is 5. The summed E-state index contributed by atoms with van der Waals surface area (Å²) in [6.07, 6.45) is 7.70. The van der Waals surface area contributed by atoms with Gasteiger partial charge < -0.3 is 10.1 Å². The van der Waals surface area contributed by atoms with Crippen LogP contribution >= 0.6 is 0 Å². The lowest BCUT2D eigenvalue weighted by Crippen LogP contribution is -2.30. The van der Waals surface area contributed by atoms with E-state index in [9.17, 15) is 0 Å². The smallest absolute Gasteiger partial charge is 0.0747 e. The highest BCUT2D eigenvalue weighted by Crippen LogP contribution is 2.14. The largest absolute Gasteiger partial charge is 0.377 e. The van der Waals surface area contributed by atoms with Crippen molar-refractivity contribution in [2.75, 3.05) is 19.7 Å². The zero-order valence-corrected chi connectivity index (χ0v) is 9.98. The Bertz CT molecular complexity index is 305. The van der Waals surface area contributed by atoms with E-state index < -0.39 is 0 Å². The maximum atomic E-state index is 5.65. The molecule has 1 aromatic heterocycles. The zero-order chi connectivity index (χ0) is 11.2. The van der Waals surface area contributed by atoms with Crippen LogP contribution in [-0.2, 0) is 18.4 Å². The van der Waals surface area contributed by atoms with Crippen LogP contribution in [0.1, 0.15) is 24.8 Å². The van der Waals surface area contributed by atoms with Gasteiger partial charge in [0, 0.05) is 25.4 Å². The normalized spacial score (nSPS) is 21.2. The summed E-state index contributed by atoms with van der Waals surface area (Å²) in [7, 11) is 1.93. The molecule has 1 aliphatic rings. The minimum atomic E-state index is 0.688. The van der Waals surface area contributed by atoms with E-state index in [1.807, 2.05) is 24.1 Å². The summed E-state index contributed by atoms with van der Waals surface area (Å²) in [6, 6.07) is 0. The zero-order valence-electron chi connectivity index (χ0n) is 9.98. The second-order valence-corrected chi connectivity index (χ2v) is 4.58. The molecule has 1 aliphatic heterocycles. The van der Waals surface area contributed by atoms with Crippen molar-refractivity contribution >= 4 is 0 Å². The van der Waals surface area contributed by atoms with Crippen molar-refractivity contribution in [3.05, 3.63) is 18.0 Å². The minimum absolute atomic E-state index is 0.688. The molecule has 90 valence electrons. The van der Waals surface area contributed by atoms with Gasteiger partial charge in [-0.05, 0) is 38.3 Å². The molecule has 0 aromatic carbocycles. The molecule has 1 unspecified atom stereocenters. The Hall–Kier alpha value is -0.870. The lowest BCUT2D eigenvalue weighted by Gasteiger charge is -2.22. The van der Waals surface area contributed by atoms with Crippen molar-refractivity contribution in [3.8, 4) is 0 Å². The Morgan fingerprint density at radius 3 is 3.25 bits per heavy atom. The molecule has 4 heteroatoms. The number of aryl methyl sites for hydroxylation is 1. The van der Waals surface area contributed by atoms with E-state index in [2.05, 4.69) is 10.4 Å². The van der Waals surface area contributed by atoms with Crippen LogP contribution in [0.25, 0.3) is 0 Å². The highest BCUT2D eigenvalue weighted by atomic mass is 16.5. The van der Waals surface area contributed by atoms with Gasteiger partial charge >= 0.3 is 0 Å². The first kappa shape index (κ1) is 11.6. The van der Waals surface area contributed by atoms with Crippen LogP contribution in [0.3, 0.4) is 0 Å². The van der Waals surface area contributed by atoms with Crippen molar-refractivity contribution in [1.29, 1.82) is 0 Å². The van der Waals surface area contributed by atoms with E-state index in [0.29, 0.717) is 6.61 Å². The van der Waals surface area contributed by atoms with Crippen LogP contribution in [0.4, 0.5) is 0 Å². The SMILES string of the molecule is Cn1cc(COCCC2CCCNC2)cn1. The summed E-state index contributed by atoms with van der Waals surface area (Å²) in [5.41, 5.74) is 1.16. The third-order valence-corrected chi connectivity index (χ3v) is 3.10. The van der Waals surface area contributed by atoms with E-state index in [1.54, 1.807) is 0 Å². The first-order valence-corrected chi connectivity index (χ1v) is 6.10. The first-order valence-electron chi connectivity index (χ1n) is 6.10. The van der Waals surface area contributed by atoms with E-state index in [-0.39, 0.29) is 0 Å². The summed E-state index contributed by atoms with van der Waals surface area (Å²) in [6.45, 7) is 3.90. The first-order chi connectivity index (χ1) is 7.84. The molecule has 0 bridgehead atoms. The number of nitrogens with one attached hydrogen (secondary N) is 1. The quantitative estimate of drug-likeness (QED) is 0.765. The predicted molar refractivity (Wildman–Crippen MR) is 63.1 cm³/mol. The van der Waals surface area contributed by atoms with Gasteiger partial charge in [-0.3, -0.25) is 4.68 Å². The third kappa shape index (κ3) is 3.61. The van der Waals surface area contributed by atoms with Crippen molar-refractivity contribution in [2.45, 2.75) is 25.9 Å². The summed E-state index contributed by atoms with van der Waals surface area (Å²) >= 11 is 0. The van der Waals surface area contributed by atoms with E-state index in [0.717, 1.165) is 24.6 Å². The van der Waals surface area contributed by atoms with Gasteiger partial charge in [-0.25, -0.2) is 0 Å². The second-order valence-electron chi connectivity index (χ2n) is 4.58. The molecule has 1 N–H and O–H groups in total. The Kier molecular flexibility index (Phi) is 4.36. The molecule has 2 heterocycles. The van der Waals surface area contributed by atoms with Gasteiger partial charge in [-0.15, -0.1) is 0 Å². The number of aromatic nitrogens is 2. The Morgan fingerprint density at radius 1 is 1.62 bits per heavy atom. The van der Waals surface area contributed by atoms with E-state index >= 15 is 0 Å².